The van der Waals surface area contributed by atoms with E-state index in [1.807, 2.05) is 12.3 Å². The van der Waals surface area contributed by atoms with E-state index in [-0.39, 0.29) is 0 Å². The normalized spacial score (nSPS) is 10.3. The third kappa shape index (κ3) is 2.65. The first-order valence-electron chi connectivity index (χ1n) is 4.57. The molecule has 2 rings (SSSR count). The molecule has 72 valence electrons. The Kier molecular flexibility index (Phi) is 3.27. The Morgan fingerprint density at radius 2 is 2.21 bits per heavy atom. The summed E-state index contributed by atoms with van der Waals surface area (Å²) in [5.41, 5.74) is 1.23. The van der Waals surface area contributed by atoms with E-state index in [9.17, 15) is 0 Å². The smallest absolute Gasteiger partial charge is 0.0312 e. The number of nitrogens with zero attached hydrogens (tertiary/aromatic N) is 1. The summed E-state index contributed by atoms with van der Waals surface area (Å²) in [5.74, 6) is 0. The van der Waals surface area contributed by atoms with Crippen molar-refractivity contribution in [3.8, 4) is 0 Å². The molecule has 0 atom stereocenters. The first-order chi connectivity index (χ1) is 6.95. The van der Waals surface area contributed by atoms with E-state index in [0.29, 0.717) is 0 Å². The van der Waals surface area contributed by atoms with Crippen LogP contribution in [-0.2, 0) is 13.1 Å². The number of rotatable bonds is 4. The van der Waals surface area contributed by atoms with Crippen molar-refractivity contribution in [2.45, 2.75) is 13.1 Å². The largest absolute Gasteiger partial charge is 0.308 e. The maximum Gasteiger partial charge on any atom is 0.0312 e. The van der Waals surface area contributed by atoms with Crippen LogP contribution in [0.2, 0.25) is 0 Å². The molecule has 0 unspecified atom stereocenters. The van der Waals surface area contributed by atoms with Crippen LogP contribution in [0.4, 0.5) is 0 Å². The molecule has 0 amide bonds. The molecule has 0 radical (unpaired) electrons. The van der Waals surface area contributed by atoms with Crippen LogP contribution >= 0.6 is 11.3 Å². The summed E-state index contributed by atoms with van der Waals surface area (Å²) in [6.45, 7) is 1.82. The maximum absolute atomic E-state index is 4.06. The van der Waals surface area contributed by atoms with Crippen molar-refractivity contribution in [3.63, 3.8) is 0 Å². The van der Waals surface area contributed by atoms with E-state index in [0.717, 1.165) is 13.1 Å². The quantitative estimate of drug-likeness (QED) is 0.827. The minimum atomic E-state index is 0.881. The van der Waals surface area contributed by atoms with Gasteiger partial charge < -0.3 is 5.32 Å². The highest BCUT2D eigenvalue weighted by Gasteiger charge is 1.93. The molecule has 0 aromatic carbocycles. The molecule has 0 fully saturated rings. The van der Waals surface area contributed by atoms with Gasteiger partial charge in [0.15, 0.2) is 0 Å². The van der Waals surface area contributed by atoms with Crippen molar-refractivity contribution >= 4 is 11.3 Å². The molecule has 0 bridgehead atoms. The number of thiophene rings is 1. The summed E-state index contributed by atoms with van der Waals surface area (Å²) in [7, 11) is 0. The highest BCUT2D eigenvalue weighted by Crippen LogP contribution is 2.07. The fraction of sp³-hybridized carbons (Fsp3) is 0.182. The van der Waals surface area contributed by atoms with E-state index in [2.05, 4.69) is 33.9 Å². The Hall–Kier alpha value is -1.19. The van der Waals surface area contributed by atoms with E-state index in [1.165, 1.54) is 10.4 Å². The first-order valence-corrected chi connectivity index (χ1v) is 5.45. The summed E-state index contributed by atoms with van der Waals surface area (Å²) in [4.78, 5) is 5.43. The first kappa shape index (κ1) is 9.37. The Labute approximate surface area is 87.6 Å². The SMILES string of the molecule is c1cncc(CNCc2cccs2)c1. The lowest BCUT2D eigenvalue weighted by atomic mass is 10.3. The van der Waals surface area contributed by atoms with Gasteiger partial charge in [-0.15, -0.1) is 11.3 Å². The summed E-state index contributed by atoms with van der Waals surface area (Å²) in [5, 5.41) is 5.47. The van der Waals surface area contributed by atoms with Crippen molar-refractivity contribution in [2.24, 2.45) is 0 Å². The highest BCUT2D eigenvalue weighted by atomic mass is 32.1. The van der Waals surface area contributed by atoms with E-state index in [4.69, 9.17) is 0 Å². The molecule has 2 aromatic rings. The summed E-state index contributed by atoms with van der Waals surface area (Å²) < 4.78 is 0. The maximum atomic E-state index is 4.06. The second-order valence-electron chi connectivity index (χ2n) is 3.04. The molecular weight excluding hydrogens is 192 g/mol. The van der Waals surface area contributed by atoms with Gasteiger partial charge in [0.2, 0.25) is 0 Å². The predicted octanol–water partition coefficient (Wildman–Crippen LogP) is 2.43. The summed E-state index contributed by atoms with van der Waals surface area (Å²) in [6, 6.07) is 8.25. The van der Waals surface area contributed by atoms with Crippen LogP contribution in [0.15, 0.2) is 42.0 Å². The van der Waals surface area contributed by atoms with E-state index >= 15 is 0 Å². The van der Waals surface area contributed by atoms with Crippen molar-refractivity contribution in [1.29, 1.82) is 0 Å². The number of aromatic nitrogens is 1. The average molecular weight is 204 g/mol. The number of hydrogen-bond acceptors (Lipinski definition) is 3. The van der Waals surface area contributed by atoms with Crippen LogP contribution < -0.4 is 5.32 Å². The van der Waals surface area contributed by atoms with Crippen LogP contribution in [0.25, 0.3) is 0 Å². The molecule has 14 heavy (non-hydrogen) atoms. The third-order valence-electron chi connectivity index (χ3n) is 1.93. The molecular formula is C11H12N2S. The summed E-state index contributed by atoms with van der Waals surface area (Å²) in [6.07, 6.45) is 3.68. The molecule has 2 heterocycles. The van der Waals surface area contributed by atoms with Gasteiger partial charge in [0.05, 0.1) is 0 Å². The molecule has 0 aliphatic carbocycles. The minimum Gasteiger partial charge on any atom is -0.308 e. The monoisotopic (exact) mass is 204 g/mol. The molecule has 0 spiro atoms. The van der Waals surface area contributed by atoms with Gasteiger partial charge in [0.1, 0.15) is 0 Å². The standard InChI is InChI=1S/C11H12N2S/c1-3-10(7-12-5-1)8-13-9-11-4-2-6-14-11/h1-7,13H,8-9H2. The second-order valence-corrected chi connectivity index (χ2v) is 4.08. The lowest BCUT2D eigenvalue weighted by molar-refractivity contribution is 0.699. The highest BCUT2D eigenvalue weighted by molar-refractivity contribution is 7.09. The Bertz CT molecular complexity index is 356. The van der Waals surface area contributed by atoms with Crippen LogP contribution in [0.3, 0.4) is 0 Å². The van der Waals surface area contributed by atoms with Gasteiger partial charge in [-0.25, -0.2) is 0 Å². The molecule has 0 saturated carbocycles. The number of nitrogens with one attached hydrogen (secondary N) is 1. The molecule has 0 aliphatic rings. The van der Waals surface area contributed by atoms with Gasteiger partial charge in [-0.2, -0.15) is 0 Å². The Morgan fingerprint density at radius 3 is 2.93 bits per heavy atom. The van der Waals surface area contributed by atoms with Gasteiger partial charge in [-0.3, -0.25) is 4.98 Å². The van der Waals surface area contributed by atoms with Crippen LogP contribution in [-0.4, -0.2) is 4.98 Å². The van der Waals surface area contributed by atoms with Crippen molar-refractivity contribution in [1.82, 2.24) is 10.3 Å². The topological polar surface area (TPSA) is 24.9 Å². The lowest BCUT2D eigenvalue weighted by Gasteiger charge is -2.01. The lowest BCUT2D eigenvalue weighted by Crippen LogP contribution is -2.11. The Balaban J connectivity index is 1.79. The van der Waals surface area contributed by atoms with Crippen molar-refractivity contribution in [3.05, 3.63) is 52.5 Å². The van der Waals surface area contributed by atoms with Crippen molar-refractivity contribution in [2.75, 3.05) is 0 Å². The molecule has 2 nitrogen and oxygen atoms in total. The Morgan fingerprint density at radius 1 is 1.21 bits per heavy atom. The molecule has 2 aromatic heterocycles. The van der Waals surface area contributed by atoms with Gasteiger partial charge >= 0.3 is 0 Å². The molecule has 1 N–H and O–H groups in total. The van der Waals surface area contributed by atoms with Crippen LogP contribution in [0.5, 0.6) is 0 Å². The fourth-order valence-corrected chi connectivity index (χ4v) is 1.92. The molecule has 0 saturated heterocycles. The zero-order valence-electron chi connectivity index (χ0n) is 7.81. The summed E-state index contributed by atoms with van der Waals surface area (Å²) >= 11 is 1.78. The zero-order valence-corrected chi connectivity index (χ0v) is 8.63. The minimum absolute atomic E-state index is 0.881. The zero-order chi connectivity index (χ0) is 9.64. The van der Waals surface area contributed by atoms with Gasteiger partial charge in [-0.05, 0) is 23.1 Å². The van der Waals surface area contributed by atoms with Crippen LogP contribution in [0.1, 0.15) is 10.4 Å². The van der Waals surface area contributed by atoms with Crippen molar-refractivity contribution < 1.29 is 0 Å². The van der Waals surface area contributed by atoms with Gasteiger partial charge in [0.25, 0.3) is 0 Å². The van der Waals surface area contributed by atoms with Crippen LogP contribution in [0, 0.1) is 0 Å². The third-order valence-corrected chi connectivity index (χ3v) is 2.81. The van der Waals surface area contributed by atoms with E-state index < -0.39 is 0 Å². The van der Waals surface area contributed by atoms with Gasteiger partial charge in [0, 0.05) is 30.4 Å². The molecule has 3 heteroatoms. The molecule has 0 aliphatic heterocycles. The average Bonchev–Trinajstić information content (AvgIpc) is 2.72. The fourth-order valence-electron chi connectivity index (χ4n) is 1.25. The number of pyridine rings is 1. The van der Waals surface area contributed by atoms with E-state index in [1.54, 1.807) is 17.5 Å². The second kappa shape index (κ2) is 4.88. The van der Waals surface area contributed by atoms with Gasteiger partial charge in [-0.1, -0.05) is 12.1 Å². The number of hydrogen-bond donors (Lipinski definition) is 1. The predicted molar refractivity (Wildman–Crippen MR) is 59.1 cm³/mol.